The van der Waals surface area contributed by atoms with Gasteiger partial charge in [0.1, 0.15) is 4.90 Å². The van der Waals surface area contributed by atoms with Crippen LogP contribution in [0.2, 0.25) is 0 Å². The zero-order chi connectivity index (χ0) is 21.9. The second-order valence-electron chi connectivity index (χ2n) is 7.25. The van der Waals surface area contributed by atoms with Crippen LogP contribution in [0.1, 0.15) is 18.3 Å². The maximum atomic E-state index is 13.1. The Morgan fingerprint density at radius 2 is 1.83 bits per heavy atom. The molecule has 3 rings (SSSR count). The normalized spacial score (nSPS) is 14.9. The van der Waals surface area contributed by atoms with Gasteiger partial charge in [0.25, 0.3) is 0 Å². The molecular formula is C20H29N5O4S. The quantitative estimate of drug-likeness (QED) is 0.708. The van der Waals surface area contributed by atoms with E-state index in [-0.39, 0.29) is 18.0 Å². The largest absolute Gasteiger partial charge is 0.378 e. The van der Waals surface area contributed by atoms with Gasteiger partial charge in [-0.3, -0.25) is 9.48 Å². The number of aryl methyl sites for hydroxylation is 2. The molecule has 1 amide bonds. The summed E-state index contributed by atoms with van der Waals surface area (Å²) in [6.45, 7) is 8.07. The van der Waals surface area contributed by atoms with Crippen LogP contribution < -0.4 is 10.2 Å². The molecule has 0 saturated carbocycles. The highest BCUT2D eigenvalue weighted by atomic mass is 32.2. The lowest BCUT2D eigenvalue weighted by molar-refractivity contribution is -0.116. The van der Waals surface area contributed by atoms with Crippen LogP contribution in [0.15, 0.2) is 29.2 Å². The van der Waals surface area contributed by atoms with Gasteiger partial charge >= 0.3 is 0 Å². The summed E-state index contributed by atoms with van der Waals surface area (Å²) in [6.07, 6.45) is 0. The first kappa shape index (κ1) is 22.3. The summed E-state index contributed by atoms with van der Waals surface area (Å²) in [4.78, 5) is 14.9. The van der Waals surface area contributed by atoms with Gasteiger partial charge in [0, 0.05) is 38.1 Å². The zero-order valence-electron chi connectivity index (χ0n) is 17.9. The zero-order valence-corrected chi connectivity index (χ0v) is 18.7. The first-order valence-electron chi connectivity index (χ1n) is 9.97. The molecule has 1 N–H and O–H groups in total. The highest BCUT2D eigenvalue weighted by molar-refractivity contribution is 7.89. The van der Waals surface area contributed by atoms with Gasteiger partial charge in [-0.1, -0.05) is 6.92 Å². The minimum absolute atomic E-state index is 0.162. The maximum absolute atomic E-state index is 13.1. The molecule has 9 nitrogen and oxygen atoms in total. The molecule has 1 saturated heterocycles. The lowest BCUT2D eigenvalue weighted by Gasteiger charge is -2.29. The third-order valence-electron chi connectivity index (χ3n) is 5.24. The van der Waals surface area contributed by atoms with Crippen molar-refractivity contribution in [1.82, 2.24) is 14.1 Å². The molecule has 0 unspecified atom stereocenters. The van der Waals surface area contributed by atoms with Gasteiger partial charge in [-0.05, 0) is 38.1 Å². The van der Waals surface area contributed by atoms with Crippen molar-refractivity contribution in [2.45, 2.75) is 25.7 Å². The van der Waals surface area contributed by atoms with Gasteiger partial charge in [-0.15, -0.1) is 0 Å². The molecule has 1 aliphatic heterocycles. The van der Waals surface area contributed by atoms with Crippen molar-refractivity contribution in [1.29, 1.82) is 0 Å². The Labute approximate surface area is 177 Å². The van der Waals surface area contributed by atoms with E-state index in [9.17, 15) is 13.2 Å². The van der Waals surface area contributed by atoms with Gasteiger partial charge in [0.05, 0.1) is 31.1 Å². The SMILES string of the molecule is CCN(CC(=O)Nc1ccc(N2CCOCC2)cc1)S(=O)(=O)c1c(C)nn(C)c1C. The van der Waals surface area contributed by atoms with Crippen LogP contribution in [0, 0.1) is 13.8 Å². The molecule has 0 spiro atoms. The summed E-state index contributed by atoms with van der Waals surface area (Å²) in [5.74, 6) is -0.390. The number of nitrogens with zero attached hydrogens (tertiary/aromatic N) is 4. The van der Waals surface area contributed by atoms with E-state index < -0.39 is 15.9 Å². The number of hydrogen-bond donors (Lipinski definition) is 1. The molecular weight excluding hydrogens is 406 g/mol. The predicted octanol–water partition coefficient (Wildman–Crippen LogP) is 1.52. The molecule has 10 heteroatoms. The number of hydrogen-bond acceptors (Lipinski definition) is 6. The Balaban J connectivity index is 1.68. The van der Waals surface area contributed by atoms with E-state index in [1.165, 1.54) is 8.99 Å². The first-order valence-corrected chi connectivity index (χ1v) is 11.4. The Morgan fingerprint density at radius 3 is 2.37 bits per heavy atom. The van der Waals surface area contributed by atoms with Crippen LogP contribution in [-0.2, 0) is 26.6 Å². The molecule has 1 fully saturated rings. The van der Waals surface area contributed by atoms with Crippen LogP contribution in [-0.4, -0.2) is 67.8 Å². The second-order valence-corrected chi connectivity index (χ2v) is 9.12. The monoisotopic (exact) mass is 435 g/mol. The highest BCUT2D eigenvalue weighted by Crippen LogP contribution is 2.23. The van der Waals surface area contributed by atoms with E-state index in [1.54, 1.807) is 27.8 Å². The molecule has 1 aromatic carbocycles. The van der Waals surface area contributed by atoms with Crippen molar-refractivity contribution in [3.63, 3.8) is 0 Å². The van der Waals surface area contributed by atoms with Crippen molar-refractivity contribution >= 4 is 27.3 Å². The molecule has 164 valence electrons. The Bertz CT molecular complexity index is 995. The number of morpholine rings is 1. The number of carbonyl (C=O) groups is 1. The molecule has 0 radical (unpaired) electrons. The average Bonchev–Trinajstić information content (AvgIpc) is 2.99. The number of aromatic nitrogens is 2. The highest BCUT2D eigenvalue weighted by Gasteiger charge is 2.31. The number of rotatable bonds is 7. The number of benzene rings is 1. The van der Waals surface area contributed by atoms with E-state index in [4.69, 9.17) is 4.74 Å². The van der Waals surface area contributed by atoms with E-state index in [2.05, 4.69) is 15.3 Å². The average molecular weight is 436 g/mol. The summed E-state index contributed by atoms with van der Waals surface area (Å²) >= 11 is 0. The van der Waals surface area contributed by atoms with Crippen molar-refractivity contribution in [2.24, 2.45) is 7.05 Å². The summed E-state index contributed by atoms with van der Waals surface area (Å²) in [7, 11) is -2.13. The van der Waals surface area contributed by atoms with Crippen molar-refractivity contribution in [2.75, 3.05) is 49.6 Å². The van der Waals surface area contributed by atoms with Crippen molar-refractivity contribution in [3.05, 3.63) is 35.7 Å². The summed E-state index contributed by atoms with van der Waals surface area (Å²) in [5.41, 5.74) is 2.66. The van der Waals surface area contributed by atoms with Gasteiger partial charge in [0.15, 0.2) is 0 Å². The number of likely N-dealkylation sites (N-methyl/N-ethyl adjacent to an activating group) is 1. The molecule has 0 atom stereocenters. The molecule has 1 aliphatic rings. The van der Waals surface area contributed by atoms with Crippen LogP contribution in [0.3, 0.4) is 0 Å². The number of ether oxygens (including phenoxy) is 1. The summed E-state index contributed by atoms with van der Waals surface area (Å²) in [6, 6.07) is 7.53. The molecule has 0 aliphatic carbocycles. The molecule has 30 heavy (non-hydrogen) atoms. The van der Waals surface area contributed by atoms with Crippen molar-refractivity contribution in [3.8, 4) is 0 Å². The number of sulfonamides is 1. The fourth-order valence-corrected chi connectivity index (χ4v) is 5.37. The number of amides is 1. The number of carbonyl (C=O) groups excluding carboxylic acids is 1. The van der Waals surface area contributed by atoms with Crippen LogP contribution in [0.4, 0.5) is 11.4 Å². The van der Waals surface area contributed by atoms with E-state index in [0.29, 0.717) is 30.3 Å². The van der Waals surface area contributed by atoms with Crippen LogP contribution >= 0.6 is 0 Å². The molecule has 2 heterocycles. The lowest BCUT2D eigenvalue weighted by Crippen LogP contribution is -2.38. The standard InChI is InChI=1S/C20H29N5O4S/c1-5-25(30(27,28)20-15(2)22-23(4)16(20)3)14-19(26)21-17-6-8-18(9-7-17)24-10-12-29-13-11-24/h6-9H,5,10-14H2,1-4H3,(H,21,26). The maximum Gasteiger partial charge on any atom is 0.247 e. The van der Waals surface area contributed by atoms with Crippen LogP contribution in [0.25, 0.3) is 0 Å². The minimum atomic E-state index is -3.83. The second kappa shape index (κ2) is 9.15. The Kier molecular flexibility index (Phi) is 6.79. The van der Waals surface area contributed by atoms with Gasteiger partial charge in [0.2, 0.25) is 15.9 Å². The smallest absolute Gasteiger partial charge is 0.247 e. The van der Waals surface area contributed by atoms with Crippen LogP contribution in [0.5, 0.6) is 0 Å². The predicted molar refractivity (Wildman–Crippen MR) is 115 cm³/mol. The first-order chi connectivity index (χ1) is 14.2. The molecule has 1 aromatic heterocycles. The Hall–Kier alpha value is -2.43. The van der Waals surface area contributed by atoms with Gasteiger partial charge in [-0.25, -0.2) is 8.42 Å². The van der Waals surface area contributed by atoms with Crippen molar-refractivity contribution < 1.29 is 17.9 Å². The summed E-state index contributed by atoms with van der Waals surface area (Å²) < 4.78 is 34.3. The topological polar surface area (TPSA) is 96.8 Å². The number of anilines is 2. The third kappa shape index (κ3) is 4.66. The fraction of sp³-hybridized carbons (Fsp3) is 0.500. The lowest BCUT2D eigenvalue weighted by atomic mass is 10.2. The third-order valence-corrected chi connectivity index (χ3v) is 7.41. The fourth-order valence-electron chi connectivity index (χ4n) is 3.56. The minimum Gasteiger partial charge on any atom is -0.378 e. The Morgan fingerprint density at radius 1 is 1.20 bits per heavy atom. The van der Waals surface area contributed by atoms with E-state index in [1.807, 2.05) is 24.3 Å². The number of nitrogens with one attached hydrogen (secondary N) is 1. The van der Waals surface area contributed by atoms with Gasteiger partial charge in [-0.2, -0.15) is 9.40 Å². The molecule has 0 bridgehead atoms. The van der Waals surface area contributed by atoms with E-state index in [0.717, 1.165) is 18.8 Å². The van der Waals surface area contributed by atoms with Gasteiger partial charge < -0.3 is 15.0 Å². The summed E-state index contributed by atoms with van der Waals surface area (Å²) in [5, 5.41) is 6.97. The van der Waals surface area contributed by atoms with E-state index >= 15 is 0 Å². The molecule has 2 aromatic rings.